The number of tetrazole rings is 1. The van der Waals surface area contributed by atoms with E-state index in [4.69, 9.17) is 16.3 Å². The van der Waals surface area contributed by atoms with Gasteiger partial charge in [-0.25, -0.2) is 13.1 Å². The topological polar surface area (TPSA) is 119 Å². The van der Waals surface area contributed by atoms with Gasteiger partial charge < -0.3 is 10.1 Å². The van der Waals surface area contributed by atoms with Crippen LogP contribution in [0.2, 0.25) is 5.02 Å². The minimum absolute atomic E-state index is 0.00739. The summed E-state index contributed by atoms with van der Waals surface area (Å²) in [5, 5.41) is 13.8. The molecule has 0 unspecified atom stereocenters. The van der Waals surface area contributed by atoms with E-state index in [-0.39, 0.29) is 28.6 Å². The van der Waals surface area contributed by atoms with Crippen LogP contribution in [-0.2, 0) is 14.8 Å². The van der Waals surface area contributed by atoms with Crippen LogP contribution in [0.1, 0.15) is 10.4 Å². The number of nitrogens with one attached hydrogen (secondary N) is 1. The minimum Gasteiger partial charge on any atom is -0.379 e. The molecule has 1 aliphatic rings. The van der Waals surface area contributed by atoms with Crippen molar-refractivity contribution in [3.8, 4) is 5.69 Å². The molecule has 3 aromatic rings. The van der Waals surface area contributed by atoms with Crippen molar-refractivity contribution < 1.29 is 17.9 Å². The summed E-state index contributed by atoms with van der Waals surface area (Å²) in [5.74, 6) is -0.519. The first-order chi connectivity index (χ1) is 14.4. The number of hydrogen-bond donors (Lipinski definition) is 1. The Kier molecular flexibility index (Phi) is 5.77. The van der Waals surface area contributed by atoms with Crippen molar-refractivity contribution in [2.24, 2.45) is 0 Å². The Morgan fingerprint density at radius 3 is 2.50 bits per heavy atom. The number of benzene rings is 2. The summed E-state index contributed by atoms with van der Waals surface area (Å²) in [4.78, 5) is 12.7. The molecular weight excluding hydrogens is 432 g/mol. The van der Waals surface area contributed by atoms with Crippen LogP contribution in [-0.4, -0.2) is 65.1 Å². The number of sulfonamides is 1. The molecule has 1 aromatic heterocycles. The van der Waals surface area contributed by atoms with Crippen LogP contribution in [0.4, 0.5) is 5.69 Å². The molecule has 1 amide bonds. The van der Waals surface area contributed by atoms with Gasteiger partial charge in [0.15, 0.2) is 0 Å². The van der Waals surface area contributed by atoms with Crippen LogP contribution < -0.4 is 5.32 Å². The van der Waals surface area contributed by atoms with Crippen LogP contribution in [0.5, 0.6) is 0 Å². The predicted molar refractivity (Wildman–Crippen MR) is 108 cm³/mol. The molecule has 2 heterocycles. The lowest BCUT2D eigenvalue weighted by atomic mass is 10.2. The highest BCUT2D eigenvalue weighted by Gasteiger charge is 2.27. The summed E-state index contributed by atoms with van der Waals surface area (Å²) in [6, 6.07) is 10.9. The molecule has 0 radical (unpaired) electrons. The Labute approximate surface area is 177 Å². The number of carbonyl (C=O) groups excluding carboxylic acids is 1. The second-order valence-electron chi connectivity index (χ2n) is 6.41. The summed E-state index contributed by atoms with van der Waals surface area (Å²) in [5.41, 5.74) is 1.29. The Morgan fingerprint density at radius 1 is 1.10 bits per heavy atom. The Bertz CT molecular complexity index is 1150. The normalized spacial score (nSPS) is 15.1. The Balaban J connectivity index is 1.54. The highest BCUT2D eigenvalue weighted by molar-refractivity contribution is 7.89. The number of rotatable bonds is 5. The fourth-order valence-corrected chi connectivity index (χ4v) is 4.59. The van der Waals surface area contributed by atoms with Crippen molar-refractivity contribution >= 4 is 33.2 Å². The van der Waals surface area contributed by atoms with Crippen molar-refractivity contribution in [1.29, 1.82) is 0 Å². The van der Waals surface area contributed by atoms with Gasteiger partial charge in [-0.1, -0.05) is 11.6 Å². The van der Waals surface area contributed by atoms with Gasteiger partial charge in [0.2, 0.25) is 10.0 Å². The highest BCUT2D eigenvalue weighted by atomic mass is 35.5. The standard InChI is InChI=1S/C18H17ClN6O4S/c19-17-6-5-15(30(27,28)24-7-9-29-10-8-24)11-16(17)18(26)21-13-1-3-14(4-2-13)25-12-20-22-23-25/h1-6,11-12H,7-10H2,(H,21,26). The van der Waals surface area contributed by atoms with Gasteiger partial charge in [-0.05, 0) is 52.9 Å². The molecule has 0 bridgehead atoms. The maximum atomic E-state index is 12.9. The molecule has 1 aliphatic heterocycles. The average molecular weight is 449 g/mol. The highest BCUT2D eigenvalue weighted by Crippen LogP contribution is 2.25. The second-order valence-corrected chi connectivity index (χ2v) is 8.76. The van der Waals surface area contributed by atoms with E-state index in [9.17, 15) is 13.2 Å². The van der Waals surface area contributed by atoms with Crippen molar-refractivity contribution in [2.45, 2.75) is 4.90 Å². The average Bonchev–Trinajstić information content (AvgIpc) is 3.30. The first kappa shape index (κ1) is 20.4. The van der Waals surface area contributed by atoms with Crippen molar-refractivity contribution in [3.05, 3.63) is 59.4 Å². The summed E-state index contributed by atoms with van der Waals surface area (Å²) < 4.78 is 33.7. The number of morpholine rings is 1. The number of halogens is 1. The first-order valence-corrected chi connectivity index (χ1v) is 10.8. The van der Waals surface area contributed by atoms with Gasteiger partial charge in [0.1, 0.15) is 6.33 Å². The molecule has 12 heteroatoms. The van der Waals surface area contributed by atoms with Gasteiger partial charge in [-0.3, -0.25) is 4.79 Å². The van der Waals surface area contributed by atoms with Gasteiger partial charge in [-0.15, -0.1) is 5.10 Å². The Morgan fingerprint density at radius 2 is 1.83 bits per heavy atom. The van der Waals surface area contributed by atoms with Crippen LogP contribution in [0.15, 0.2) is 53.7 Å². The number of nitrogens with zero attached hydrogens (tertiary/aromatic N) is 5. The van der Waals surface area contributed by atoms with E-state index in [0.717, 1.165) is 5.69 Å². The Hall–Kier alpha value is -2.86. The van der Waals surface area contributed by atoms with Gasteiger partial charge in [0.25, 0.3) is 5.91 Å². The quantitative estimate of drug-likeness (QED) is 0.629. The molecule has 1 saturated heterocycles. The lowest BCUT2D eigenvalue weighted by Crippen LogP contribution is -2.40. The minimum atomic E-state index is -3.75. The molecule has 0 spiro atoms. The number of aromatic nitrogens is 4. The van der Waals surface area contributed by atoms with E-state index >= 15 is 0 Å². The van der Waals surface area contributed by atoms with E-state index in [1.54, 1.807) is 24.3 Å². The number of hydrogen-bond acceptors (Lipinski definition) is 7. The zero-order chi connectivity index (χ0) is 21.1. The van der Waals surface area contributed by atoms with E-state index in [1.165, 1.54) is 33.5 Å². The molecule has 1 fully saturated rings. The number of anilines is 1. The van der Waals surface area contributed by atoms with Crippen molar-refractivity contribution in [3.63, 3.8) is 0 Å². The summed E-state index contributed by atoms with van der Waals surface area (Å²) >= 11 is 6.17. The molecule has 0 atom stereocenters. The fraction of sp³-hybridized carbons (Fsp3) is 0.222. The SMILES string of the molecule is O=C(Nc1ccc(-n2cnnn2)cc1)c1cc(S(=O)(=O)N2CCOCC2)ccc1Cl. The van der Waals surface area contributed by atoms with E-state index in [1.807, 2.05) is 0 Å². The molecule has 4 rings (SSSR count). The number of ether oxygens (including phenoxy) is 1. The largest absolute Gasteiger partial charge is 0.379 e. The predicted octanol–water partition coefficient (Wildman–Crippen LogP) is 1.59. The zero-order valence-electron chi connectivity index (χ0n) is 15.6. The molecule has 1 N–H and O–H groups in total. The molecule has 156 valence electrons. The summed E-state index contributed by atoms with van der Waals surface area (Å²) in [7, 11) is -3.75. The van der Waals surface area contributed by atoms with E-state index < -0.39 is 15.9 Å². The first-order valence-electron chi connectivity index (χ1n) is 8.97. The molecule has 2 aromatic carbocycles. The van der Waals surface area contributed by atoms with Crippen LogP contribution in [0, 0.1) is 0 Å². The molecule has 0 saturated carbocycles. The number of carbonyl (C=O) groups is 1. The van der Waals surface area contributed by atoms with Crippen LogP contribution in [0.3, 0.4) is 0 Å². The molecular formula is C18H17ClN6O4S. The summed E-state index contributed by atoms with van der Waals surface area (Å²) in [6.07, 6.45) is 1.45. The van der Waals surface area contributed by atoms with Gasteiger partial charge in [0, 0.05) is 18.8 Å². The second kappa shape index (κ2) is 8.48. The molecule has 0 aliphatic carbocycles. The van der Waals surface area contributed by atoms with E-state index in [0.29, 0.717) is 18.9 Å². The summed E-state index contributed by atoms with van der Waals surface area (Å²) in [6.45, 7) is 1.20. The maximum Gasteiger partial charge on any atom is 0.257 e. The van der Waals surface area contributed by atoms with Crippen molar-refractivity contribution in [2.75, 3.05) is 31.6 Å². The van der Waals surface area contributed by atoms with Gasteiger partial charge in [-0.2, -0.15) is 4.31 Å². The lowest BCUT2D eigenvalue weighted by molar-refractivity contribution is 0.0730. The third-order valence-corrected chi connectivity index (χ3v) is 6.75. The molecule has 10 nitrogen and oxygen atoms in total. The molecule has 30 heavy (non-hydrogen) atoms. The fourth-order valence-electron chi connectivity index (χ4n) is 2.95. The third kappa shape index (κ3) is 4.19. The third-order valence-electron chi connectivity index (χ3n) is 4.53. The van der Waals surface area contributed by atoms with Gasteiger partial charge >= 0.3 is 0 Å². The zero-order valence-corrected chi connectivity index (χ0v) is 17.2. The van der Waals surface area contributed by atoms with Crippen molar-refractivity contribution in [1.82, 2.24) is 24.5 Å². The monoisotopic (exact) mass is 448 g/mol. The smallest absolute Gasteiger partial charge is 0.257 e. The number of amides is 1. The van der Waals surface area contributed by atoms with Gasteiger partial charge in [0.05, 0.1) is 34.4 Å². The van der Waals surface area contributed by atoms with Crippen LogP contribution in [0.25, 0.3) is 5.69 Å². The van der Waals surface area contributed by atoms with Crippen LogP contribution >= 0.6 is 11.6 Å². The lowest BCUT2D eigenvalue weighted by Gasteiger charge is -2.26. The maximum absolute atomic E-state index is 12.9. The van der Waals surface area contributed by atoms with E-state index in [2.05, 4.69) is 20.8 Å².